The molecule has 6 nitrogen and oxygen atoms in total. The van der Waals surface area contributed by atoms with Gasteiger partial charge >= 0.3 is 5.97 Å². The van der Waals surface area contributed by atoms with Gasteiger partial charge in [0.1, 0.15) is 23.0 Å². The van der Waals surface area contributed by atoms with Gasteiger partial charge in [-0.15, -0.1) is 0 Å². The Morgan fingerprint density at radius 2 is 1.77 bits per heavy atom. The zero-order chi connectivity index (χ0) is 28.4. The Bertz CT molecular complexity index is 1300. The first-order valence-corrected chi connectivity index (χ1v) is 13.2. The van der Waals surface area contributed by atoms with E-state index in [0.29, 0.717) is 36.6 Å². The molecule has 0 N–H and O–H groups in total. The molecule has 0 radical (unpaired) electrons. The molecule has 9 heteroatoms. The van der Waals surface area contributed by atoms with Gasteiger partial charge in [0.25, 0.3) is 0 Å². The average molecular weight is 555 g/mol. The third-order valence-electron chi connectivity index (χ3n) is 5.31. The van der Waals surface area contributed by atoms with Crippen LogP contribution in [0.4, 0.5) is 8.78 Å². The summed E-state index contributed by atoms with van der Waals surface area (Å²) in [7, 11) is 1.65. The number of nitriles is 1. The second kappa shape index (κ2) is 14.1. The van der Waals surface area contributed by atoms with Crippen LogP contribution in [-0.4, -0.2) is 42.7 Å². The topological polar surface area (TPSA) is 71.8 Å². The van der Waals surface area contributed by atoms with Crippen LogP contribution in [-0.2, 0) is 20.8 Å². The largest absolute Gasteiger partial charge is 0.481 e. The van der Waals surface area contributed by atoms with E-state index >= 15 is 0 Å². The molecule has 0 unspecified atom stereocenters. The third kappa shape index (κ3) is 9.98. The maximum absolute atomic E-state index is 14.4. The molecule has 0 heterocycles. The monoisotopic (exact) mass is 554 g/mol. The summed E-state index contributed by atoms with van der Waals surface area (Å²) in [5.41, 5.74) is 1.39. The Balaban J connectivity index is 1.92. The number of carbonyl (C=O) groups excluding carboxylic acids is 1. The van der Waals surface area contributed by atoms with Crippen molar-refractivity contribution in [2.75, 3.05) is 26.9 Å². The summed E-state index contributed by atoms with van der Waals surface area (Å²) in [6.45, 7) is 6.76. The molecular formula is C30H32F2N2O4S. The quantitative estimate of drug-likeness (QED) is 0.139. The van der Waals surface area contributed by atoms with Crippen molar-refractivity contribution in [1.29, 1.82) is 5.26 Å². The van der Waals surface area contributed by atoms with Gasteiger partial charge in [0.2, 0.25) is 0 Å². The van der Waals surface area contributed by atoms with E-state index < -0.39 is 17.4 Å². The van der Waals surface area contributed by atoms with Crippen molar-refractivity contribution in [2.24, 2.45) is 0 Å². The number of carbonyl (C=O) groups is 1. The Labute approximate surface area is 232 Å². The lowest BCUT2D eigenvalue weighted by atomic mass is 9.99. The number of methoxy groups -OCH3 is 1. The molecule has 0 aliphatic heterocycles. The van der Waals surface area contributed by atoms with E-state index in [1.807, 2.05) is 18.2 Å². The first-order chi connectivity index (χ1) is 18.6. The molecule has 0 atom stereocenters. The second-order valence-electron chi connectivity index (χ2n) is 9.80. The molecule has 0 spiro atoms. The highest BCUT2D eigenvalue weighted by molar-refractivity contribution is 7.97. The molecule has 0 aliphatic rings. The van der Waals surface area contributed by atoms with Crippen molar-refractivity contribution >= 4 is 17.9 Å². The molecule has 3 aromatic rings. The zero-order valence-electron chi connectivity index (χ0n) is 22.5. The second-order valence-corrected chi connectivity index (χ2v) is 11.0. The molecule has 0 bridgehead atoms. The van der Waals surface area contributed by atoms with E-state index in [0.717, 1.165) is 22.9 Å². The summed E-state index contributed by atoms with van der Waals surface area (Å²) in [5.74, 6) is -1.03. The van der Waals surface area contributed by atoms with E-state index in [1.165, 1.54) is 30.1 Å². The maximum Gasteiger partial charge on any atom is 0.344 e. The fraction of sp³-hybridized carbons (Fsp3) is 0.333. The minimum Gasteiger partial charge on any atom is -0.481 e. The number of halogens is 2. The molecule has 0 fully saturated rings. The SMILES string of the molecule is COCCCN(Cc1ccc(OCC(=O)OC(C)(C)C)c(-c2cc(F)cc(C#N)c2)c1)Sc1ccc(F)cc1. The van der Waals surface area contributed by atoms with E-state index in [-0.39, 0.29) is 18.0 Å². The van der Waals surface area contributed by atoms with E-state index in [9.17, 15) is 18.8 Å². The van der Waals surface area contributed by atoms with Gasteiger partial charge in [-0.25, -0.2) is 17.9 Å². The molecular weight excluding hydrogens is 522 g/mol. The number of hydrogen-bond donors (Lipinski definition) is 0. The average Bonchev–Trinajstić information content (AvgIpc) is 2.88. The van der Waals surface area contributed by atoms with Gasteiger partial charge in [-0.3, -0.25) is 0 Å². The van der Waals surface area contributed by atoms with Gasteiger partial charge in [0, 0.05) is 37.3 Å². The lowest BCUT2D eigenvalue weighted by Crippen LogP contribution is -2.27. The van der Waals surface area contributed by atoms with E-state index in [2.05, 4.69) is 4.31 Å². The Morgan fingerprint density at radius 1 is 1.03 bits per heavy atom. The van der Waals surface area contributed by atoms with Crippen LogP contribution in [0.1, 0.15) is 38.3 Å². The third-order valence-corrected chi connectivity index (χ3v) is 6.36. The normalized spacial score (nSPS) is 11.3. The van der Waals surface area contributed by atoms with Crippen molar-refractivity contribution in [1.82, 2.24) is 4.31 Å². The Kier molecular flexibility index (Phi) is 10.9. The van der Waals surface area contributed by atoms with Crippen molar-refractivity contribution in [3.63, 3.8) is 0 Å². The first-order valence-electron chi connectivity index (χ1n) is 12.4. The van der Waals surface area contributed by atoms with Crippen molar-refractivity contribution in [3.8, 4) is 22.9 Å². The van der Waals surface area contributed by atoms with Crippen LogP contribution in [0.15, 0.2) is 65.6 Å². The summed E-state index contributed by atoms with van der Waals surface area (Å²) >= 11 is 1.49. The zero-order valence-corrected chi connectivity index (χ0v) is 23.3. The molecule has 206 valence electrons. The Morgan fingerprint density at radius 3 is 2.44 bits per heavy atom. The van der Waals surface area contributed by atoms with Crippen molar-refractivity contribution in [2.45, 2.75) is 44.2 Å². The number of nitrogens with zero attached hydrogens (tertiary/aromatic N) is 2. The minimum atomic E-state index is -0.661. The summed E-state index contributed by atoms with van der Waals surface area (Å²) in [4.78, 5) is 13.2. The molecule has 0 saturated carbocycles. The smallest absolute Gasteiger partial charge is 0.344 e. The summed E-state index contributed by atoms with van der Waals surface area (Å²) < 4.78 is 46.3. The maximum atomic E-state index is 14.4. The molecule has 0 aliphatic carbocycles. The molecule has 0 saturated heterocycles. The van der Waals surface area contributed by atoms with Crippen molar-refractivity contribution in [3.05, 3.63) is 83.4 Å². The molecule has 3 rings (SSSR count). The van der Waals surface area contributed by atoms with Crippen LogP contribution in [0, 0.1) is 23.0 Å². The molecule has 39 heavy (non-hydrogen) atoms. The number of ether oxygens (including phenoxy) is 3. The molecule has 0 aromatic heterocycles. The van der Waals surface area contributed by atoms with Crippen LogP contribution in [0.5, 0.6) is 5.75 Å². The highest BCUT2D eigenvalue weighted by atomic mass is 32.2. The van der Waals surface area contributed by atoms with Crippen LogP contribution in [0.3, 0.4) is 0 Å². The molecule has 0 amide bonds. The lowest BCUT2D eigenvalue weighted by molar-refractivity contribution is -0.157. The van der Waals surface area contributed by atoms with Gasteiger partial charge in [-0.1, -0.05) is 6.07 Å². The predicted molar refractivity (Wildman–Crippen MR) is 147 cm³/mol. The standard InChI is InChI=1S/C30H32F2N2O4S/c1-30(2,3)38-29(35)20-37-28-11-6-21(16-27(28)23-14-22(18-33)15-25(32)17-23)19-34(12-5-13-36-4)39-26-9-7-24(31)8-10-26/h6-11,14-17H,5,12-13,19-20H2,1-4H3. The highest BCUT2D eigenvalue weighted by Crippen LogP contribution is 2.34. The lowest BCUT2D eigenvalue weighted by Gasteiger charge is -2.22. The summed E-state index contributed by atoms with van der Waals surface area (Å²) in [6, 6.07) is 17.8. The predicted octanol–water partition coefficient (Wildman–Crippen LogP) is 6.77. The van der Waals surface area contributed by atoms with Gasteiger partial charge in [-0.05, 0) is 105 Å². The Hall–Kier alpha value is -3.45. The van der Waals surface area contributed by atoms with Crippen LogP contribution in [0.2, 0.25) is 0 Å². The van der Waals surface area contributed by atoms with Crippen LogP contribution < -0.4 is 4.74 Å². The van der Waals surface area contributed by atoms with Crippen molar-refractivity contribution < 1.29 is 27.8 Å². The van der Waals surface area contributed by atoms with Gasteiger partial charge < -0.3 is 14.2 Å². The summed E-state index contributed by atoms with van der Waals surface area (Å²) in [5, 5.41) is 9.37. The van der Waals surface area contributed by atoms with Gasteiger partial charge in [-0.2, -0.15) is 5.26 Å². The van der Waals surface area contributed by atoms with Gasteiger partial charge in [0.15, 0.2) is 6.61 Å². The fourth-order valence-corrected chi connectivity index (χ4v) is 4.72. The fourth-order valence-electron chi connectivity index (χ4n) is 3.73. The highest BCUT2D eigenvalue weighted by Gasteiger charge is 2.19. The number of rotatable bonds is 12. The van der Waals surface area contributed by atoms with E-state index in [1.54, 1.807) is 52.1 Å². The van der Waals surface area contributed by atoms with Crippen LogP contribution >= 0.6 is 11.9 Å². The first kappa shape index (κ1) is 30.1. The molecule has 3 aromatic carbocycles. The van der Waals surface area contributed by atoms with E-state index in [4.69, 9.17) is 14.2 Å². The number of esters is 1. The number of hydrogen-bond acceptors (Lipinski definition) is 7. The summed E-state index contributed by atoms with van der Waals surface area (Å²) in [6.07, 6.45) is 0.782. The van der Waals surface area contributed by atoms with Crippen LogP contribution in [0.25, 0.3) is 11.1 Å². The minimum absolute atomic E-state index is 0.168. The number of benzene rings is 3. The van der Waals surface area contributed by atoms with Gasteiger partial charge in [0.05, 0.1) is 11.6 Å².